The Hall–Kier alpha value is -4.40. The smallest absolute Gasteiger partial charge is 0.310 e. The molecule has 0 unspecified atom stereocenters. The molecule has 0 saturated carbocycles. The van der Waals surface area contributed by atoms with Crippen molar-refractivity contribution in [1.29, 1.82) is 0 Å². The van der Waals surface area contributed by atoms with E-state index in [1.165, 1.54) is 25.1 Å². The molecule has 2 amide bonds. The van der Waals surface area contributed by atoms with Gasteiger partial charge in [0.2, 0.25) is 0 Å². The van der Waals surface area contributed by atoms with Gasteiger partial charge in [-0.2, -0.15) is 0 Å². The number of anilines is 2. The molecule has 33 heavy (non-hydrogen) atoms. The summed E-state index contributed by atoms with van der Waals surface area (Å²) in [5.41, 5.74) is 0.853. The Morgan fingerprint density at radius 1 is 0.970 bits per heavy atom. The van der Waals surface area contributed by atoms with Crippen LogP contribution in [0.25, 0.3) is 0 Å². The number of carbonyl (C=O) groups is 2. The Morgan fingerprint density at radius 2 is 1.64 bits per heavy atom. The average Bonchev–Trinajstić information content (AvgIpc) is 2.81. The van der Waals surface area contributed by atoms with Crippen LogP contribution < -0.4 is 20.1 Å². The SMILES string of the molecule is CCOc1ccc(NC(=O)c2ccccc2NC(=O)[C@H](C)Oc2ccccc2[N+](=O)[O-])cc1. The molecule has 3 aromatic rings. The lowest BCUT2D eigenvalue weighted by Crippen LogP contribution is -2.31. The summed E-state index contributed by atoms with van der Waals surface area (Å²) in [5.74, 6) is -0.306. The van der Waals surface area contributed by atoms with E-state index in [1.807, 2.05) is 6.92 Å². The second-order valence-electron chi connectivity index (χ2n) is 6.93. The van der Waals surface area contributed by atoms with Crippen molar-refractivity contribution in [3.05, 3.63) is 88.5 Å². The molecule has 0 aromatic heterocycles. The number of benzene rings is 3. The number of ether oxygens (including phenoxy) is 2. The third kappa shape index (κ3) is 6.07. The minimum atomic E-state index is -1.05. The van der Waals surface area contributed by atoms with Crippen LogP contribution in [0.4, 0.5) is 17.1 Å². The summed E-state index contributed by atoms with van der Waals surface area (Å²) in [6.07, 6.45) is -1.05. The van der Waals surface area contributed by atoms with Crippen LogP contribution in [0, 0.1) is 10.1 Å². The fourth-order valence-corrected chi connectivity index (χ4v) is 2.98. The molecule has 0 bridgehead atoms. The first kappa shape index (κ1) is 23.3. The zero-order valence-corrected chi connectivity index (χ0v) is 18.1. The van der Waals surface area contributed by atoms with Crippen molar-refractivity contribution in [3.8, 4) is 11.5 Å². The maximum Gasteiger partial charge on any atom is 0.310 e. The summed E-state index contributed by atoms with van der Waals surface area (Å²) in [5, 5.41) is 16.6. The van der Waals surface area contributed by atoms with Gasteiger partial charge in [-0.1, -0.05) is 24.3 Å². The third-order valence-electron chi connectivity index (χ3n) is 4.59. The van der Waals surface area contributed by atoms with Crippen LogP contribution in [-0.2, 0) is 4.79 Å². The largest absolute Gasteiger partial charge is 0.494 e. The number of hydrogen-bond donors (Lipinski definition) is 2. The number of carbonyl (C=O) groups excluding carboxylic acids is 2. The molecule has 0 radical (unpaired) electrons. The second kappa shape index (κ2) is 10.8. The molecular formula is C24H23N3O6. The number of amides is 2. The Kier molecular flexibility index (Phi) is 7.59. The molecule has 3 rings (SSSR count). The van der Waals surface area contributed by atoms with Gasteiger partial charge in [-0.05, 0) is 56.3 Å². The molecule has 0 aliphatic rings. The van der Waals surface area contributed by atoms with Crippen molar-refractivity contribution < 1.29 is 24.0 Å². The summed E-state index contributed by atoms with van der Waals surface area (Å²) >= 11 is 0. The minimum absolute atomic E-state index is 0.0216. The van der Waals surface area contributed by atoms with Crippen LogP contribution in [0.3, 0.4) is 0 Å². The zero-order valence-electron chi connectivity index (χ0n) is 18.1. The highest BCUT2D eigenvalue weighted by molar-refractivity contribution is 6.10. The maximum absolute atomic E-state index is 12.8. The van der Waals surface area contributed by atoms with Crippen LogP contribution in [-0.4, -0.2) is 29.4 Å². The predicted molar refractivity (Wildman–Crippen MR) is 124 cm³/mol. The number of nitrogens with zero attached hydrogens (tertiary/aromatic N) is 1. The van der Waals surface area contributed by atoms with E-state index in [-0.39, 0.29) is 22.7 Å². The molecule has 0 saturated heterocycles. The number of hydrogen-bond acceptors (Lipinski definition) is 6. The summed E-state index contributed by atoms with van der Waals surface area (Å²) in [7, 11) is 0. The van der Waals surface area contributed by atoms with E-state index in [0.717, 1.165) is 0 Å². The lowest BCUT2D eigenvalue weighted by molar-refractivity contribution is -0.386. The molecule has 1 atom stereocenters. The van der Waals surface area contributed by atoms with Crippen molar-refractivity contribution in [3.63, 3.8) is 0 Å². The third-order valence-corrected chi connectivity index (χ3v) is 4.59. The minimum Gasteiger partial charge on any atom is -0.494 e. The normalized spacial score (nSPS) is 11.2. The second-order valence-corrected chi connectivity index (χ2v) is 6.93. The van der Waals surface area contributed by atoms with E-state index in [9.17, 15) is 19.7 Å². The van der Waals surface area contributed by atoms with Gasteiger partial charge in [0.05, 0.1) is 22.8 Å². The number of nitro groups is 1. The lowest BCUT2D eigenvalue weighted by atomic mass is 10.1. The molecule has 0 aliphatic carbocycles. The van der Waals surface area contributed by atoms with Gasteiger partial charge in [0.15, 0.2) is 11.9 Å². The van der Waals surface area contributed by atoms with E-state index in [4.69, 9.17) is 9.47 Å². The van der Waals surface area contributed by atoms with Crippen LogP contribution in [0.2, 0.25) is 0 Å². The first-order valence-corrected chi connectivity index (χ1v) is 10.2. The Balaban J connectivity index is 1.70. The van der Waals surface area contributed by atoms with Crippen molar-refractivity contribution in [1.82, 2.24) is 0 Å². The number of nitro benzene ring substituents is 1. The Labute approximate surface area is 190 Å². The predicted octanol–water partition coefficient (Wildman–Crippen LogP) is 4.65. The number of nitrogens with one attached hydrogen (secondary N) is 2. The highest BCUT2D eigenvalue weighted by atomic mass is 16.6. The molecular weight excluding hydrogens is 426 g/mol. The van der Waals surface area contributed by atoms with E-state index in [1.54, 1.807) is 54.6 Å². The first-order valence-electron chi connectivity index (χ1n) is 10.2. The van der Waals surface area contributed by atoms with Gasteiger partial charge in [-0.25, -0.2) is 0 Å². The summed E-state index contributed by atoms with van der Waals surface area (Å²) < 4.78 is 10.9. The van der Waals surface area contributed by atoms with Gasteiger partial charge >= 0.3 is 5.69 Å². The average molecular weight is 449 g/mol. The molecule has 2 N–H and O–H groups in total. The molecule has 170 valence electrons. The Morgan fingerprint density at radius 3 is 2.33 bits per heavy atom. The van der Waals surface area contributed by atoms with Gasteiger partial charge in [0.1, 0.15) is 5.75 Å². The summed E-state index contributed by atoms with van der Waals surface area (Å²) in [6, 6.07) is 19.2. The van der Waals surface area contributed by atoms with Gasteiger partial charge < -0.3 is 20.1 Å². The van der Waals surface area contributed by atoms with Crippen LogP contribution in [0.5, 0.6) is 11.5 Å². The molecule has 0 fully saturated rings. The lowest BCUT2D eigenvalue weighted by Gasteiger charge is -2.16. The molecule has 3 aromatic carbocycles. The summed E-state index contributed by atoms with van der Waals surface area (Å²) in [4.78, 5) is 36.1. The number of rotatable bonds is 9. The molecule has 9 nitrogen and oxygen atoms in total. The number of para-hydroxylation sites is 3. The zero-order chi connectivity index (χ0) is 23.8. The van der Waals surface area contributed by atoms with Gasteiger partial charge in [-0.15, -0.1) is 0 Å². The molecule has 0 aliphatic heterocycles. The van der Waals surface area contributed by atoms with Crippen molar-refractivity contribution in [2.24, 2.45) is 0 Å². The highest BCUT2D eigenvalue weighted by Crippen LogP contribution is 2.27. The maximum atomic E-state index is 12.8. The fourth-order valence-electron chi connectivity index (χ4n) is 2.98. The quantitative estimate of drug-likeness (QED) is 0.362. The van der Waals surface area contributed by atoms with Gasteiger partial charge in [0.25, 0.3) is 11.8 Å². The van der Waals surface area contributed by atoms with Gasteiger partial charge in [-0.3, -0.25) is 19.7 Å². The standard InChI is InChI=1S/C24H23N3O6/c1-3-32-18-14-12-17(13-15-18)25-24(29)19-8-4-5-9-20(19)26-23(28)16(2)33-22-11-7-6-10-21(22)27(30)31/h4-16H,3H2,1-2H3,(H,25,29)(H,26,28)/t16-/m0/s1. The summed E-state index contributed by atoms with van der Waals surface area (Å²) in [6.45, 7) is 3.89. The van der Waals surface area contributed by atoms with E-state index in [0.29, 0.717) is 18.0 Å². The van der Waals surface area contributed by atoms with Gasteiger partial charge in [0, 0.05) is 11.8 Å². The molecule has 0 spiro atoms. The topological polar surface area (TPSA) is 120 Å². The van der Waals surface area contributed by atoms with Crippen LogP contribution >= 0.6 is 0 Å². The van der Waals surface area contributed by atoms with E-state index in [2.05, 4.69) is 10.6 Å². The van der Waals surface area contributed by atoms with E-state index >= 15 is 0 Å². The highest BCUT2D eigenvalue weighted by Gasteiger charge is 2.22. The van der Waals surface area contributed by atoms with E-state index < -0.39 is 22.8 Å². The molecule has 0 heterocycles. The fraction of sp³-hybridized carbons (Fsp3) is 0.167. The van der Waals surface area contributed by atoms with Crippen molar-refractivity contribution in [2.75, 3.05) is 17.2 Å². The van der Waals surface area contributed by atoms with Crippen LogP contribution in [0.1, 0.15) is 24.2 Å². The van der Waals surface area contributed by atoms with Crippen molar-refractivity contribution in [2.45, 2.75) is 20.0 Å². The van der Waals surface area contributed by atoms with Crippen molar-refractivity contribution >= 4 is 28.9 Å². The molecule has 9 heteroatoms. The Bertz CT molecular complexity index is 1150. The monoisotopic (exact) mass is 449 g/mol. The first-order chi connectivity index (χ1) is 15.9. The van der Waals surface area contributed by atoms with Crippen LogP contribution in [0.15, 0.2) is 72.8 Å².